The number of hydrogen-bond acceptors (Lipinski definition) is 5. The summed E-state index contributed by atoms with van der Waals surface area (Å²) in [6.07, 6.45) is 1.70. The highest BCUT2D eigenvalue weighted by molar-refractivity contribution is 5.80. The first-order chi connectivity index (χ1) is 9.10. The fourth-order valence-electron chi connectivity index (χ4n) is 1.58. The lowest BCUT2D eigenvalue weighted by Crippen LogP contribution is -2.36. The molecule has 0 fully saturated rings. The molecule has 0 aliphatic heterocycles. The van der Waals surface area contributed by atoms with E-state index in [9.17, 15) is 4.79 Å². The van der Waals surface area contributed by atoms with Crippen LogP contribution in [0, 0.1) is 0 Å². The van der Waals surface area contributed by atoms with E-state index in [0.717, 1.165) is 30.3 Å². The van der Waals surface area contributed by atoms with Crippen molar-refractivity contribution in [3.8, 4) is 0 Å². The summed E-state index contributed by atoms with van der Waals surface area (Å²) in [6.45, 7) is 5.04. The maximum Gasteiger partial charge on any atom is 0.239 e. The monoisotopic (exact) mass is 265 g/mol. The van der Waals surface area contributed by atoms with E-state index >= 15 is 0 Å². The van der Waals surface area contributed by atoms with Crippen LogP contribution in [0.4, 0.5) is 11.6 Å². The predicted octanol–water partition coefficient (Wildman–Crippen LogP) is 1.04. The highest BCUT2D eigenvalue weighted by Crippen LogP contribution is 2.14. The van der Waals surface area contributed by atoms with Crippen LogP contribution in [-0.4, -0.2) is 43.1 Å². The number of aromatic nitrogens is 2. The van der Waals surface area contributed by atoms with Crippen LogP contribution in [0.1, 0.15) is 26.1 Å². The summed E-state index contributed by atoms with van der Waals surface area (Å²) in [4.78, 5) is 22.3. The Morgan fingerprint density at radius 1 is 1.37 bits per heavy atom. The van der Waals surface area contributed by atoms with Gasteiger partial charge in [0.25, 0.3) is 0 Å². The second kappa shape index (κ2) is 7.56. The van der Waals surface area contributed by atoms with E-state index in [0.29, 0.717) is 13.1 Å². The predicted molar refractivity (Wildman–Crippen MR) is 77.5 cm³/mol. The lowest BCUT2D eigenvalue weighted by Gasteiger charge is -2.19. The third kappa shape index (κ3) is 4.73. The fourth-order valence-corrected chi connectivity index (χ4v) is 1.58. The summed E-state index contributed by atoms with van der Waals surface area (Å²) >= 11 is 0. The molecule has 0 atom stereocenters. The third-order valence-corrected chi connectivity index (χ3v) is 2.68. The normalized spacial score (nSPS) is 10.1. The molecule has 0 saturated carbocycles. The molecular weight excluding hydrogens is 242 g/mol. The highest BCUT2D eigenvalue weighted by atomic mass is 16.2. The molecule has 106 valence electrons. The smallest absolute Gasteiger partial charge is 0.239 e. The Bertz CT molecular complexity index is 399. The number of nitrogens with one attached hydrogen (secondary N) is 2. The number of nitrogens with zero attached hydrogens (tertiary/aromatic N) is 3. The molecule has 0 aliphatic carbocycles. The van der Waals surface area contributed by atoms with Gasteiger partial charge >= 0.3 is 0 Å². The summed E-state index contributed by atoms with van der Waals surface area (Å²) in [6, 6.07) is 1.84. The fraction of sp³-hybridized carbons (Fsp3) is 0.615. The Hall–Kier alpha value is -1.85. The minimum Gasteiger partial charge on any atom is -0.373 e. The van der Waals surface area contributed by atoms with Crippen molar-refractivity contribution >= 4 is 17.5 Å². The Kier molecular flexibility index (Phi) is 6.05. The van der Waals surface area contributed by atoms with Crippen molar-refractivity contribution in [1.29, 1.82) is 0 Å². The Morgan fingerprint density at radius 2 is 2.11 bits per heavy atom. The zero-order valence-electron chi connectivity index (χ0n) is 12.2. The average molecular weight is 265 g/mol. The molecule has 1 aromatic rings. The van der Waals surface area contributed by atoms with Crippen molar-refractivity contribution in [3.63, 3.8) is 0 Å². The number of carbonyl (C=O) groups is 1. The lowest BCUT2D eigenvalue weighted by molar-refractivity contribution is -0.119. The van der Waals surface area contributed by atoms with Crippen LogP contribution in [0.3, 0.4) is 0 Å². The molecule has 2 N–H and O–H groups in total. The molecule has 0 spiro atoms. The zero-order valence-corrected chi connectivity index (χ0v) is 12.2. The second-order valence-corrected chi connectivity index (χ2v) is 4.34. The Morgan fingerprint density at radius 3 is 2.68 bits per heavy atom. The van der Waals surface area contributed by atoms with Gasteiger partial charge in [-0.25, -0.2) is 9.97 Å². The minimum atomic E-state index is 0.00650. The van der Waals surface area contributed by atoms with Crippen molar-refractivity contribution < 1.29 is 4.79 Å². The zero-order chi connectivity index (χ0) is 14.3. The molecule has 1 heterocycles. The molecule has 6 heteroatoms. The van der Waals surface area contributed by atoms with Crippen molar-refractivity contribution in [1.82, 2.24) is 15.3 Å². The number of amides is 1. The van der Waals surface area contributed by atoms with Crippen LogP contribution < -0.4 is 15.5 Å². The van der Waals surface area contributed by atoms with E-state index in [-0.39, 0.29) is 5.91 Å². The molecule has 1 rings (SSSR count). The number of aryl methyl sites for hydroxylation is 1. The van der Waals surface area contributed by atoms with Gasteiger partial charge in [-0.15, -0.1) is 0 Å². The Balaban J connectivity index is 2.75. The quantitative estimate of drug-likeness (QED) is 0.771. The van der Waals surface area contributed by atoms with E-state index in [1.165, 1.54) is 0 Å². The summed E-state index contributed by atoms with van der Waals surface area (Å²) in [7, 11) is 3.67. The lowest BCUT2D eigenvalue weighted by atomic mass is 10.4. The highest BCUT2D eigenvalue weighted by Gasteiger charge is 2.10. The van der Waals surface area contributed by atoms with Gasteiger partial charge in [-0.1, -0.05) is 13.8 Å². The summed E-state index contributed by atoms with van der Waals surface area (Å²) in [5, 5.41) is 5.86. The molecule has 1 aromatic heterocycles. The van der Waals surface area contributed by atoms with Crippen LogP contribution in [0.2, 0.25) is 0 Å². The summed E-state index contributed by atoms with van der Waals surface area (Å²) < 4.78 is 0. The number of likely N-dealkylation sites (N-methyl/N-ethyl adjacent to an activating group) is 1. The first-order valence-corrected chi connectivity index (χ1v) is 6.64. The second-order valence-electron chi connectivity index (χ2n) is 4.34. The van der Waals surface area contributed by atoms with E-state index < -0.39 is 0 Å². The van der Waals surface area contributed by atoms with Crippen molar-refractivity contribution in [3.05, 3.63) is 11.9 Å². The summed E-state index contributed by atoms with van der Waals surface area (Å²) in [5.74, 6) is 2.29. The van der Waals surface area contributed by atoms with Crippen LogP contribution >= 0.6 is 0 Å². The van der Waals surface area contributed by atoms with Gasteiger partial charge in [-0.2, -0.15) is 0 Å². The molecule has 1 amide bonds. The van der Waals surface area contributed by atoms with Gasteiger partial charge < -0.3 is 15.5 Å². The van der Waals surface area contributed by atoms with Crippen molar-refractivity contribution in [2.45, 2.75) is 26.7 Å². The van der Waals surface area contributed by atoms with E-state index in [4.69, 9.17) is 0 Å². The average Bonchev–Trinajstić information content (AvgIpc) is 2.44. The number of hydrogen-bond donors (Lipinski definition) is 2. The van der Waals surface area contributed by atoms with Crippen LogP contribution in [0.25, 0.3) is 0 Å². The van der Waals surface area contributed by atoms with Crippen molar-refractivity contribution in [2.24, 2.45) is 0 Å². The first kappa shape index (κ1) is 15.2. The Labute approximate surface area is 114 Å². The van der Waals surface area contributed by atoms with Gasteiger partial charge in [0.15, 0.2) is 0 Å². The molecule has 0 unspecified atom stereocenters. The number of anilines is 2. The third-order valence-electron chi connectivity index (χ3n) is 2.68. The molecule has 19 heavy (non-hydrogen) atoms. The van der Waals surface area contributed by atoms with E-state index in [2.05, 4.69) is 20.6 Å². The molecule has 0 aromatic carbocycles. The maximum atomic E-state index is 11.7. The molecule has 6 nitrogen and oxygen atoms in total. The molecule has 0 aliphatic rings. The standard InChI is InChI=1S/C13H23N5O/c1-5-7-15-13(19)9-18(4)12-8-11(14-3)16-10(6-2)17-12/h8H,5-7,9H2,1-4H3,(H,15,19)(H,14,16,17). The largest absolute Gasteiger partial charge is 0.373 e. The molecule has 0 bridgehead atoms. The SMILES string of the molecule is CCCNC(=O)CN(C)c1cc(NC)nc(CC)n1. The minimum absolute atomic E-state index is 0.00650. The van der Waals surface area contributed by atoms with Crippen molar-refractivity contribution in [2.75, 3.05) is 37.4 Å². The topological polar surface area (TPSA) is 70.2 Å². The molecule has 0 radical (unpaired) electrons. The molecular formula is C13H23N5O. The number of rotatable bonds is 7. The van der Waals surface area contributed by atoms with E-state index in [1.54, 1.807) is 0 Å². The van der Waals surface area contributed by atoms with Gasteiger partial charge in [-0.3, -0.25) is 4.79 Å². The first-order valence-electron chi connectivity index (χ1n) is 6.64. The van der Waals surface area contributed by atoms with Crippen LogP contribution in [-0.2, 0) is 11.2 Å². The van der Waals surface area contributed by atoms with Gasteiger partial charge in [0.05, 0.1) is 6.54 Å². The van der Waals surface area contributed by atoms with Crippen LogP contribution in [0.5, 0.6) is 0 Å². The van der Waals surface area contributed by atoms with Crippen LogP contribution in [0.15, 0.2) is 6.07 Å². The number of carbonyl (C=O) groups excluding carboxylic acids is 1. The van der Waals surface area contributed by atoms with Gasteiger partial charge in [0.1, 0.15) is 17.5 Å². The molecule has 0 saturated heterocycles. The van der Waals surface area contributed by atoms with Gasteiger partial charge in [0.2, 0.25) is 5.91 Å². The maximum absolute atomic E-state index is 11.7. The van der Waals surface area contributed by atoms with Gasteiger partial charge in [-0.05, 0) is 6.42 Å². The van der Waals surface area contributed by atoms with E-state index in [1.807, 2.05) is 38.9 Å². The summed E-state index contributed by atoms with van der Waals surface area (Å²) in [5.41, 5.74) is 0. The van der Waals surface area contributed by atoms with Gasteiger partial charge in [0, 0.05) is 33.1 Å².